The fourth-order valence-electron chi connectivity index (χ4n) is 2.85. The fourth-order valence-corrected chi connectivity index (χ4v) is 2.85. The minimum atomic E-state index is -1.78. The molecular formula is C19H10F5N5O2. The Morgan fingerprint density at radius 2 is 1.65 bits per heavy atom. The highest BCUT2D eigenvalue weighted by Crippen LogP contribution is 2.24. The summed E-state index contributed by atoms with van der Waals surface area (Å²) in [6.45, 7) is -0.749. The van der Waals surface area contributed by atoms with Crippen LogP contribution in [0.1, 0.15) is 0 Å². The lowest BCUT2D eigenvalue weighted by Gasteiger charge is -2.10. The number of halogens is 5. The number of carbonyl (C=O) groups excluding carboxylic acids is 1. The molecule has 2 heterocycles. The predicted octanol–water partition coefficient (Wildman–Crippen LogP) is 2.92. The Morgan fingerprint density at radius 1 is 1.00 bits per heavy atom. The molecule has 0 spiro atoms. The van der Waals surface area contributed by atoms with Gasteiger partial charge in [-0.25, -0.2) is 31.6 Å². The van der Waals surface area contributed by atoms with E-state index in [0.29, 0.717) is 5.69 Å². The smallest absolute Gasteiger partial charge is 0.264 e. The van der Waals surface area contributed by atoms with Crippen molar-refractivity contribution in [2.75, 3.05) is 5.32 Å². The van der Waals surface area contributed by atoms with Crippen LogP contribution in [0, 0.1) is 29.1 Å². The van der Waals surface area contributed by atoms with E-state index in [1.807, 2.05) is 0 Å². The van der Waals surface area contributed by atoms with Crippen LogP contribution in [0.15, 0.2) is 47.7 Å². The van der Waals surface area contributed by atoms with Crippen LogP contribution >= 0.6 is 0 Å². The van der Waals surface area contributed by atoms with Crippen LogP contribution in [0.2, 0.25) is 0 Å². The first-order valence-electron chi connectivity index (χ1n) is 8.58. The molecule has 7 nitrogen and oxygen atoms in total. The summed E-state index contributed by atoms with van der Waals surface area (Å²) >= 11 is 0. The summed E-state index contributed by atoms with van der Waals surface area (Å²) in [4.78, 5) is 28.8. The first-order valence-corrected chi connectivity index (χ1v) is 8.58. The van der Waals surface area contributed by atoms with Gasteiger partial charge >= 0.3 is 0 Å². The monoisotopic (exact) mass is 435 g/mol. The van der Waals surface area contributed by atoms with Gasteiger partial charge in [0.15, 0.2) is 28.9 Å². The molecule has 1 N–H and O–H groups in total. The van der Waals surface area contributed by atoms with Gasteiger partial charge in [0.05, 0.1) is 11.9 Å². The molecule has 158 valence electrons. The van der Waals surface area contributed by atoms with E-state index in [4.69, 9.17) is 0 Å². The molecule has 0 fully saturated rings. The van der Waals surface area contributed by atoms with Crippen molar-refractivity contribution in [2.24, 2.45) is 0 Å². The molecule has 1 amide bonds. The zero-order valence-electron chi connectivity index (χ0n) is 15.2. The SMILES string of the molecule is O=C(Cn1cnc2c(cnn2-c2ccc(F)cc2)c1=O)Nc1c(F)c(F)cc(F)c1F. The topological polar surface area (TPSA) is 81.8 Å². The first-order chi connectivity index (χ1) is 14.8. The molecule has 0 saturated carbocycles. The van der Waals surface area contributed by atoms with Gasteiger partial charge in [0.2, 0.25) is 5.91 Å². The molecule has 0 aliphatic rings. The normalized spacial score (nSPS) is 11.1. The Balaban J connectivity index is 1.63. The Labute approximate surface area is 169 Å². The maximum atomic E-state index is 13.7. The zero-order valence-corrected chi connectivity index (χ0v) is 15.2. The highest BCUT2D eigenvalue weighted by Gasteiger charge is 2.21. The van der Waals surface area contributed by atoms with Crippen molar-refractivity contribution in [3.05, 3.63) is 82.3 Å². The first kappa shape index (κ1) is 20.2. The van der Waals surface area contributed by atoms with Crippen LogP contribution in [0.5, 0.6) is 0 Å². The molecule has 2 aromatic carbocycles. The van der Waals surface area contributed by atoms with Crippen molar-refractivity contribution in [2.45, 2.75) is 6.54 Å². The molecule has 0 saturated heterocycles. The summed E-state index contributed by atoms with van der Waals surface area (Å²) in [7, 11) is 0. The molecule has 4 aromatic rings. The standard InChI is InChI=1S/C19H10F5N5O2/c20-9-1-3-10(4-2-9)29-18-11(6-26-29)19(31)28(8-25-18)7-14(30)27-17-15(23)12(21)5-13(22)16(17)24/h1-6,8H,7H2,(H,27,30). The molecule has 0 aliphatic heterocycles. The highest BCUT2D eigenvalue weighted by atomic mass is 19.2. The lowest BCUT2D eigenvalue weighted by atomic mass is 10.2. The van der Waals surface area contributed by atoms with Crippen molar-refractivity contribution in [3.8, 4) is 5.69 Å². The van der Waals surface area contributed by atoms with E-state index in [0.717, 1.165) is 10.9 Å². The predicted molar refractivity (Wildman–Crippen MR) is 98.0 cm³/mol. The van der Waals surface area contributed by atoms with Gasteiger partial charge in [0, 0.05) is 6.07 Å². The van der Waals surface area contributed by atoms with Gasteiger partial charge < -0.3 is 5.32 Å². The van der Waals surface area contributed by atoms with E-state index >= 15 is 0 Å². The lowest BCUT2D eigenvalue weighted by Crippen LogP contribution is -2.28. The second-order valence-electron chi connectivity index (χ2n) is 6.34. The van der Waals surface area contributed by atoms with Gasteiger partial charge in [0.25, 0.3) is 5.56 Å². The number of aromatic nitrogens is 4. The maximum absolute atomic E-state index is 13.7. The average Bonchev–Trinajstić information content (AvgIpc) is 3.17. The summed E-state index contributed by atoms with van der Waals surface area (Å²) in [5, 5.41) is 5.74. The maximum Gasteiger partial charge on any atom is 0.264 e. The molecular weight excluding hydrogens is 425 g/mol. The molecule has 0 unspecified atom stereocenters. The minimum absolute atomic E-state index is 0.00144. The summed E-state index contributed by atoms with van der Waals surface area (Å²) in [6, 6.07) is 5.23. The van der Waals surface area contributed by atoms with Crippen molar-refractivity contribution < 1.29 is 26.7 Å². The average molecular weight is 435 g/mol. The third-order valence-electron chi connectivity index (χ3n) is 4.32. The summed E-state index contributed by atoms with van der Waals surface area (Å²) in [6.07, 6.45) is 2.18. The number of hydrogen-bond donors (Lipinski definition) is 1. The third-order valence-corrected chi connectivity index (χ3v) is 4.32. The number of anilines is 1. The fraction of sp³-hybridized carbons (Fsp3) is 0.0526. The Morgan fingerprint density at radius 3 is 2.29 bits per heavy atom. The largest absolute Gasteiger partial charge is 0.319 e. The van der Waals surface area contributed by atoms with Crippen LogP contribution in [0.25, 0.3) is 16.7 Å². The van der Waals surface area contributed by atoms with Crippen LogP contribution < -0.4 is 10.9 Å². The van der Waals surface area contributed by atoms with Gasteiger partial charge in [-0.2, -0.15) is 5.10 Å². The molecule has 0 bridgehead atoms. The van der Waals surface area contributed by atoms with Crippen LogP contribution in [0.3, 0.4) is 0 Å². The van der Waals surface area contributed by atoms with E-state index in [2.05, 4.69) is 10.1 Å². The molecule has 12 heteroatoms. The number of nitrogens with zero attached hydrogens (tertiary/aromatic N) is 4. The van der Waals surface area contributed by atoms with E-state index in [1.165, 1.54) is 35.1 Å². The summed E-state index contributed by atoms with van der Waals surface area (Å²) < 4.78 is 69.2. The van der Waals surface area contributed by atoms with Gasteiger partial charge in [0.1, 0.15) is 29.8 Å². The number of hydrogen-bond acceptors (Lipinski definition) is 4. The van der Waals surface area contributed by atoms with Crippen molar-refractivity contribution in [1.29, 1.82) is 0 Å². The van der Waals surface area contributed by atoms with E-state index in [1.54, 1.807) is 5.32 Å². The molecule has 0 radical (unpaired) electrons. The Hall–Kier alpha value is -4.09. The second-order valence-corrected chi connectivity index (χ2v) is 6.34. The third kappa shape index (κ3) is 3.63. The highest BCUT2D eigenvalue weighted by molar-refractivity contribution is 5.91. The molecule has 2 aromatic heterocycles. The number of amides is 1. The summed E-state index contributed by atoms with van der Waals surface area (Å²) in [5.74, 6) is -8.54. The van der Waals surface area contributed by atoms with Crippen molar-refractivity contribution in [3.63, 3.8) is 0 Å². The molecule has 31 heavy (non-hydrogen) atoms. The molecule has 4 rings (SSSR count). The van der Waals surface area contributed by atoms with Crippen molar-refractivity contribution in [1.82, 2.24) is 19.3 Å². The number of carbonyl (C=O) groups is 1. The number of benzene rings is 2. The number of rotatable bonds is 4. The van der Waals surface area contributed by atoms with Gasteiger partial charge in [-0.1, -0.05) is 0 Å². The van der Waals surface area contributed by atoms with Gasteiger partial charge in [-0.3, -0.25) is 14.2 Å². The van der Waals surface area contributed by atoms with E-state index in [-0.39, 0.29) is 17.1 Å². The van der Waals surface area contributed by atoms with E-state index in [9.17, 15) is 31.5 Å². The Kier molecular flexibility index (Phi) is 4.97. The number of fused-ring (bicyclic) bond motifs is 1. The quantitative estimate of drug-likeness (QED) is 0.395. The molecule has 0 atom stereocenters. The van der Waals surface area contributed by atoms with Crippen LogP contribution in [-0.4, -0.2) is 25.2 Å². The zero-order chi connectivity index (χ0) is 22.3. The van der Waals surface area contributed by atoms with E-state index < -0.39 is 52.8 Å². The van der Waals surface area contributed by atoms with Gasteiger partial charge in [-0.15, -0.1) is 0 Å². The number of nitrogens with one attached hydrogen (secondary N) is 1. The lowest BCUT2D eigenvalue weighted by molar-refractivity contribution is -0.116. The minimum Gasteiger partial charge on any atom is -0.319 e. The molecule has 0 aliphatic carbocycles. The van der Waals surface area contributed by atoms with Crippen LogP contribution in [-0.2, 0) is 11.3 Å². The Bertz CT molecular complexity index is 1360. The van der Waals surface area contributed by atoms with Gasteiger partial charge in [-0.05, 0) is 24.3 Å². The van der Waals surface area contributed by atoms with Crippen LogP contribution in [0.4, 0.5) is 27.6 Å². The summed E-state index contributed by atoms with van der Waals surface area (Å²) in [5.41, 5.74) is -1.47. The van der Waals surface area contributed by atoms with Crippen molar-refractivity contribution >= 4 is 22.6 Å². The second kappa shape index (κ2) is 7.63.